The van der Waals surface area contributed by atoms with E-state index < -0.39 is 0 Å². The maximum atomic E-state index is 10.9. The first-order valence-electron chi connectivity index (χ1n) is 8.73. The maximum Gasteiger partial charge on any atom is 0.0602 e. The molecule has 0 saturated heterocycles. The van der Waals surface area contributed by atoms with Crippen LogP contribution in [0, 0.1) is 28.1 Å². The lowest BCUT2D eigenvalue weighted by Gasteiger charge is -2.61. The highest BCUT2D eigenvalue weighted by atomic mass is 16.3. The molecule has 1 N–H and O–H groups in total. The Labute approximate surface area is 130 Å². The summed E-state index contributed by atoms with van der Waals surface area (Å²) in [4.78, 5) is 0. The van der Waals surface area contributed by atoms with Crippen LogP contribution in [0.5, 0.6) is 0 Å². The highest BCUT2D eigenvalue weighted by molar-refractivity contribution is 5.26. The standard InChI is InChI=1S/C20H32O/c1-6-19(4)12-9-15-14(13-19)7-8-16-18(2,3)11-10-17(21)20(15,16)5/h6-7,15-17,21H,1,8-13H2,2-5H3. The predicted octanol–water partition coefficient (Wildman–Crippen LogP) is 5.11. The number of allylic oxidation sites excluding steroid dienone is 3. The highest BCUT2D eigenvalue weighted by Gasteiger charge is 2.57. The molecule has 0 aromatic carbocycles. The molecule has 3 rings (SSSR count). The van der Waals surface area contributed by atoms with E-state index in [-0.39, 0.29) is 16.9 Å². The van der Waals surface area contributed by atoms with Crippen molar-refractivity contribution < 1.29 is 5.11 Å². The van der Waals surface area contributed by atoms with Crippen molar-refractivity contribution in [1.29, 1.82) is 0 Å². The van der Waals surface area contributed by atoms with E-state index in [9.17, 15) is 5.11 Å². The number of aliphatic hydroxyl groups excluding tert-OH is 1. The Hall–Kier alpha value is -0.560. The van der Waals surface area contributed by atoms with Crippen molar-refractivity contribution in [3.63, 3.8) is 0 Å². The minimum absolute atomic E-state index is 0.0777. The van der Waals surface area contributed by atoms with E-state index in [4.69, 9.17) is 0 Å². The largest absolute Gasteiger partial charge is 0.393 e. The highest BCUT2D eigenvalue weighted by Crippen LogP contribution is 2.63. The van der Waals surface area contributed by atoms with E-state index in [0.29, 0.717) is 17.3 Å². The van der Waals surface area contributed by atoms with E-state index in [1.54, 1.807) is 5.57 Å². The molecule has 118 valence electrons. The monoisotopic (exact) mass is 288 g/mol. The second-order valence-corrected chi connectivity index (χ2v) is 9.10. The molecule has 2 fully saturated rings. The predicted molar refractivity (Wildman–Crippen MR) is 89.0 cm³/mol. The summed E-state index contributed by atoms with van der Waals surface area (Å²) in [7, 11) is 0. The van der Waals surface area contributed by atoms with Crippen molar-refractivity contribution >= 4 is 0 Å². The van der Waals surface area contributed by atoms with Crippen LogP contribution in [0.3, 0.4) is 0 Å². The maximum absolute atomic E-state index is 10.9. The third-order valence-electron chi connectivity index (χ3n) is 7.39. The number of hydrogen-bond acceptors (Lipinski definition) is 1. The van der Waals surface area contributed by atoms with Gasteiger partial charge in [-0.3, -0.25) is 0 Å². The lowest BCUT2D eigenvalue weighted by molar-refractivity contribution is -0.134. The van der Waals surface area contributed by atoms with Gasteiger partial charge >= 0.3 is 0 Å². The Balaban J connectivity index is 1.99. The number of hydrogen-bond donors (Lipinski definition) is 1. The summed E-state index contributed by atoms with van der Waals surface area (Å²) in [6.45, 7) is 13.6. The van der Waals surface area contributed by atoms with E-state index in [1.807, 2.05) is 0 Å². The number of rotatable bonds is 1. The van der Waals surface area contributed by atoms with Gasteiger partial charge in [0.2, 0.25) is 0 Å². The molecule has 0 aromatic heterocycles. The zero-order chi connectivity index (χ0) is 15.5. The Morgan fingerprint density at radius 3 is 2.57 bits per heavy atom. The van der Waals surface area contributed by atoms with Crippen molar-refractivity contribution in [2.24, 2.45) is 28.1 Å². The topological polar surface area (TPSA) is 20.2 Å². The lowest BCUT2D eigenvalue weighted by Crippen LogP contribution is -2.57. The van der Waals surface area contributed by atoms with Gasteiger partial charge in [0.15, 0.2) is 0 Å². The fourth-order valence-electron chi connectivity index (χ4n) is 5.82. The molecular weight excluding hydrogens is 256 g/mol. The van der Waals surface area contributed by atoms with Gasteiger partial charge in [0, 0.05) is 5.41 Å². The van der Waals surface area contributed by atoms with Gasteiger partial charge in [0.1, 0.15) is 0 Å². The van der Waals surface area contributed by atoms with Crippen LogP contribution in [-0.2, 0) is 0 Å². The van der Waals surface area contributed by atoms with Crippen molar-refractivity contribution in [3.05, 3.63) is 24.3 Å². The molecule has 0 heterocycles. The number of aliphatic hydroxyl groups is 1. The molecule has 21 heavy (non-hydrogen) atoms. The SMILES string of the molecule is C=CC1(C)CCC2C(=CCC3C(C)(C)CCC(O)C23C)C1. The minimum Gasteiger partial charge on any atom is -0.393 e. The smallest absolute Gasteiger partial charge is 0.0602 e. The second-order valence-electron chi connectivity index (χ2n) is 9.10. The normalized spacial score (nSPS) is 48.8. The van der Waals surface area contributed by atoms with E-state index in [1.165, 1.54) is 12.8 Å². The van der Waals surface area contributed by atoms with E-state index in [0.717, 1.165) is 25.7 Å². The third-order valence-corrected chi connectivity index (χ3v) is 7.39. The first-order valence-corrected chi connectivity index (χ1v) is 8.73. The molecule has 1 nitrogen and oxygen atoms in total. The summed E-state index contributed by atoms with van der Waals surface area (Å²) in [5, 5.41) is 10.9. The number of fused-ring (bicyclic) bond motifs is 3. The summed E-state index contributed by atoms with van der Waals surface area (Å²) < 4.78 is 0. The molecule has 3 aliphatic rings. The second kappa shape index (κ2) is 4.72. The van der Waals surface area contributed by atoms with Gasteiger partial charge in [0.25, 0.3) is 0 Å². The summed E-state index contributed by atoms with van der Waals surface area (Å²) in [6, 6.07) is 0. The molecular formula is C20H32O. The van der Waals surface area contributed by atoms with Gasteiger partial charge in [0.05, 0.1) is 6.10 Å². The van der Waals surface area contributed by atoms with Crippen molar-refractivity contribution in [2.75, 3.05) is 0 Å². The quantitative estimate of drug-likeness (QED) is 0.665. The van der Waals surface area contributed by atoms with Crippen LogP contribution in [-0.4, -0.2) is 11.2 Å². The van der Waals surface area contributed by atoms with Gasteiger partial charge in [-0.2, -0.15) is 0 Å². The minimum atomic E-state index is -0.127. The molecule has 3 aliphatic carbocycles. The molecule has 1 heteroatoms. The van der Waals surface area contributed by atoms with Gasteiger partial charge in [-0.1, -0.05) is 45.4 Å². The average Bonchev–Trinajstić information content (AvgIpc) is 2.43. The molecule has 0 spiro atoms. The fraction of sp³-hybridized carbons (Fsp3) is 0.800. The van der Waals surface area contributed by atoms with Gasteiger partial charge in [-0.05, 0) is 61.2 Å². The molecule has 0 radical (unpaired) electrons. The van der Waals surface area contributed by atoms with E-state index in [2.05, 4.69) is 46.4 Å². The van der Waals surface area contributed by atoms with Crippen LogP contribution in [0.1, 0.15) is 66.2 Å². The Morgan fingerprint density at radius 2 is 1.90 bits per heavy atom. The van der Waals surface area contributed by atoms with Crippen molar-refractivity contribution in [1.82, 2.24) is 0 Å². The van der Waals surface area contributed by atoms with Gasteiger partial charge < -0.3 is 5.11 Å². The molecule has 0 aromatic rings. The van der Waals surface area contributed by atoms with Crippen molar-refractivity contribution in [3.8, 4) is 0 Å². The molecule has 0 aliphatic heterocycles. The summed E-state index contributed by atoms with van der Waals surface area (Å²) in [6.07, 6.45) is 11.4. The molecule has 0 amide bonds. The van der Waals surface area contributed by atoms with Crippen LogP contribution in [0.4, 0.5) is 0 Å². The first-order chi connectivity index (χ1) is 9.73. The van der Waals surface area contributed by atoms with Crippen molar-refractivity contribution in [2.45, 2.75) is 72.3 Å². The first kappa shape index (κ1) is 15.3. The Morgan fingerprint density at radius 1 is 1.19 bits per heavy atom. The molecule has 5 atom stereocenters. The van der Waals surface area contributed by atoms with Crippen LogP contribution in [0.25, 0.3) is 0 Å². The van der Waals surface area contributed by atoms with Crippen LogP contribution in [0.2, 0.25) is 0 Å². The third kappa shape index (κ3) is 2.15. The van der Waals surface area contributed by atoms with E-state index >= 15 is 0 Å². The van der Waals surface area contributed by atoms with Gasteiger partial charge in [-0.25, -0.2) is 0 Å². The molecule has 2 saturated carbocycles. The Bertz CT molecular complexity index is 474. The van der Waals surface area contributed by atoms with Crippen LogP contribution < -0.4 is 0 Å². The lowest BCUT2D eigenvalue weighted by atomic mass is 9.45. The van der Waals surface area contributed by atoms with Crippen LogP contribution in [0.15, 0.2) is 24.3 Å². The van der Waals surface area contributed by atoms with Crippen LogP contribution >= 0.6 is 0 Å². The van der Waals surface area contributed by atoms with Gasteiger partial charge in [-0.15, -0.1) is 6.58 Å². The molecule has 5 unspecified atom stereocenters. The zero-order valence-corrected chi connectivity index (χ0v) is 14.3. The summed E-state index contributed by atoms with van der Waals surface area (Å²) >= 11 is 0. The fourth-order valence-corrected chi connectivity index (χ4v) is 5.82. The summed E-state index contributed by atoms with van der Waals surface area (Å²) in [5.74, 6) is 1.20. The zero-order valence-electron chi connectivity index (χ0n) is 14.3. The average molecular weight is 288 g/mol. The summed E-state index contributed by atoms with van der Waals surface area (Å²) in [5.41, 5.74) is 2.31. The Kier molecular flexibility index (Phi) is 3.44. The molecule has 0 bridgehead atoms.